The molecule has 4 amide bonds. The van der Waals surface area contributed by atoms with Crippen LogP contribution in [0.2, 0.25) is 0 Å². The number of fused-ring (bicyclic) bond motifs is 5. The van der Waals surface area contributed by atoms with E-state index < -0.39 is 54.3 Å². The second-order valence-electron chi connectivity index (χ2n) is 35.1. The van der Waals surface area contributed by atoms with Gasteiger partial charge in [-0.2, -0.15) is 0 Å². The molecule has 0 saturated heterocycles. The van der Waals surface area contributed by atoms with Crippen molar-refractivity contribution in [1.29, 1.82) is 0 Å². The third kappa shape index (κ3) is 36.3. The van der Waals surface area contributed by atoms with Crippen LogP contribution in [0.25, 0.3) is 54.5 Å². The van der Waals surface area contributed by atoms with Gasteiger partial charge in [0.2, 0.25) is 19.7 Å². The molecule has 15 rings (SSSR count). The molecule has 0 fully saturated rings. The molecule has 0 bridgehead atoms. The fourth-order valence-electron chi connectivity index (χ4n) is 12.6. The number of ether oxygens (including phenoxy) is 8. The number of likely N-dealkylation sites (N-methyl/N-ethyl adjacent to an activating group) is 5. The van der Waals surface area contributed by atoms with Gasteiger partial charge in [0.1, 0.15) is 77.6 Å². The van der Waals surface area contributed by atoms with Gasteiger partial charge in [-0.15, -0.1) is 24.8 Å². The van der Waals surface area contributed by atoms with E-state index in [4.69, 9.17) is 43.0 Å². The number of aromatic amines is 5. The summed E-state index contributed by atoms with van der Waals surface area (Å²) in [6, 6.07) is 79.7. The van der Waals surface area contributed by atoms with Gasteiger partial charge in [0.15, 0.2) is 0 Å². The highest BCUT2D eigenvalue weighted by molar-refractivity contribution is 8.76. The topological polar surface area (TPSA) is 355 Å². The molecule has 0 aliphatic rings. The molecule has 0 saturated carbocycles. The number of aromatic hydroxyl groups is 1. The van der Waals surface area contributed by atoms with Crippen LogP contribution in [0.5, 0.6) is 28.7 Å². The Morgan fingerprint density at radius 3 is 1.02 bits per heavy atom. The standard InChI is InChI=1S/C22H26N2O5S.C22H26N2O3S.C17H18N2O3S.C16H22N2O3.C12H10S2.C8H17NO3.C8H7NO.2ClH/c1-22(2,3)29-21(25)24(4)13-14-28-18-12-8-11-17-19(15-23-20(17)18)30(26,27)16-9-6-5-7-10-16;1-22(2,3)27-21(25)24(4)13-14-26-18-12-8-11-17-19(15-23-20(17)18)28-16-9-6-5-7-10-16;1-18-10-11-22-15-9-5-8-14-16(12-19-17(14)15)23(20,21)13-6-3-2-4-7-13;1-16(2,3)21-15(19)18(4)10-11-20-13-7-5-6-12-8-9-17-14(12)13;1-3-7-11(8-4-1)13-14-12-9-5-2-6-10-12;1-8(2,3)12-7(11)9(4)5-6-10;10-7-3-1-2-6-4-5-9-8(6)7;;/h5-12,15,23H,13-14H2,1-4H3;5-12,15,23H,13-14H2,1-4H3;2-9,12,18-19H,10-11H2,1H3;5-9,17H,10-11H2,1-4H3;1-10H;10H,5-6H2,1-4H3;1-5,9-10H;2*1H. The number of H-pyrrole nitrogens is 5. The van der Waals surface area contributed by atoms with Crippen molar-refractivity contribution in [2.75, 3.05) is 101 Å². The number of para-hydroxylation sites is 5. The van der Waals surface area contributed by atoms with E-state index in [1.54, 1.807) is 179 Å². The molecule has 0 unspecified atom stereocenters. The van der Waals surface area contributed by atoms with Crippen molar-refractivity contribution in [3.05, 3.63) is 286 Å². The molecule has 0 atom stereocenters. The molecule has 5 heterocycles. The second-order valence-corrected chi connectivity index (χ2v) is 42.3. The molecule has 140 heavy (non-hydrogen) atoms. The normalized spacial score (nSPS) is 11.2. The molecule has 0 radical (unpaired) electrons. The van der Waals surface area contributed by atoms with Crippen LogP contribution in [-0.4, -0.2) is 219 Å². The Morgan fingerprint density at radius 2 is 0.657 bits per heavy atom. The smallest absolute Gasteiger partial charge is 0.410 e. The molecular weight excluding hydrogens is 1920 g/mol. The molecule has 28 nitrogen and oxygen atoms in total. The van der Waals surface area contributed by atoms with Gasteiger partial charge in [-0.05, 0) is 193 Å². The fourth-order valence-corrected chi connectivity index (χ4v) is 18.4. The van der Waals surface area contributed by atoms with Crippen molar-refractivity contribution in [1.82, 2.24) is 49.8 Å². The van der Waals surface area contributed by atoms with Crippen LogP contribution >= 0.6 is 58.2 Å². The number of halogens is 2. The number of nitrogens with zero attached hydrogens (tertiary/aromatic N) is 4. The molecule has 0 aliphatic carbocycles. The lowest BCUT2D eigenvalue weighted by atomic mass is 10.2. The first-order chi connectivity index (χ1) is 65.6. The van der Waals surface area contributed by atoms with Crippen molar-refractivity contribution >= 4 is 157 Å². The third-order valence-corrected chi connectivity index (χ3v) is 26.4. The number of carbonyl (C=O) groups is 4. The third-order valence-electron chi connectivity index (χ3n) is 19.3. The Morgan fingerprint density at radius 1 is 0.350 bits per heavy atom. The summed E-state index contributed by atoms with van der Waals surface area (Å²) in [5.74, 6) is 3.03. The van der Waals surface area contributed by atoms with Crippen molar-refractivity contribution in [3.8, 4) is 28.7 Å². The van der Waals surface area contributed by atoms with E-state index in [0.29, 0.717) is 91.6 Å². The maximum Gasteiger partial charge on any atom is 0.410 e. The predicted molar refractivity (Wildman–Crippen MR) is 565 cm³/mol. The molecular formula is C105H128Cl2N10O18S5. The zero-order chi connectivity index (χ0) is 100. The van der Waals surface area contributed by atoms with Crippen LogP contribution in [0.15, 0.2) is 325 Å². The Hall–Kier alpha value is -12.6. The lowest BCUT2D eigenvalue weighted by molar-refractivity contribution is 0.0264. The zero-order valence-electron chi connectivity index (χ0n) is 81.8. The van der Waals surface area contributed by atoms with E-state index in [0.717, 1.165) is 49.1 Å². The van der Waals surface area contributed by atoms with Gasteiger partial charge in [0.25, 0.3) is 0 Å². The number of aliphatic hydroxyl groups is 1. The molecule has 15 aromatic rings. The highest BCUT2D eigenvalue weighted by atomic mass is 35.5. The quantitative estimate of drug-likeness (QED) is 0.0135. The summed E-state index contributed by atoms with van der Waals surface area (Å²) < 4.78 is 95.8. The van der Waals surface area contributed by atoms with Crippen LogP contribution in [-0.2, 0) is 38.6 Å². The summed E-state index contributed by atoms with van der Waals surface area (Å²) in [5, 5.41) is 25.2. The molecule has 10 aromatic carbocycles. The summed E-state index contributed by atoms with van der Waals surface area (Å²) in [4.78, 5) is 74.2. The number of nitrogens with one attached hydrogen (secondary N) is 6. The van der Waals surface area contributed by atoms with Gasteiger partial charge in [0, 0.05) is 119 Å². The van der Waals surface area contributed by atoms with Crippen LogP contribution in [0.4, 0.5) is 19.2 Å². The molecule has 750 valence electrons. The summed E-state index contributed by atoms with van der Waals surface area (Å²) >= 11 is 1.71. The van der Waals surface area contributed by atoms with Gasteiger partial charge in [0.05, 0.1) is 73.4 Å². The van der Waals surface area contributed by atoms with Crippen molar-refractivity contribution < 1.29 is 84.1 Å². The van der Waals surface area contributed by atoms with E-state index in [9.17, 15) is 41.1 Å². The highest BCUT2D eigenvalue weighted by Gasteiger charge is 2.28. The maximum atomic E-state index is 13.0. The number of benzene rings is 10. The minimum absolute atomic E-state index is 0. The number of hydrogen-bond acceptors (Lipinski definition) is 22. The minimum atomic E-state index is -3.66. The van der Waals surface area contributed by atoms with Gasteiger partial charge in [-0.3, -0.25) is 0 Å². The van der Waals surface area contributed by atoms with Gasteiger partial charge in [-0.1, -0.05) is 185 Å². The van der Waals surface area contributed by atoms with Crippen molar-refractivity contribution in [2.24, 2.45) is 0 Å². The van der Waals surface area contributed by atoms with Crippen LogP contribution < -0.4 is 24.3 Å². The monoisotopic (exact) mass is 2050 g/mol. The van der Waals surface area contributed by atoms with Gasteiger partial charge in [-0.25, -0.2) is 36.0 Å². The van der Waals surface area contributed by atoms with Crippen LogP contribution in [0.1, 0.15) is 83.1 Å². The number of amides is 4. The number of phenolic OH excluding ortho intramolecular Hbond substituents is 1. The van der Waals surface area contributed by atoms with E-state index in [1.165, 1.54) is 46.7 Å². The SMILES string of the molecule is CN(CCO)C(=O)OC(C)(C)C.CN(CCOc1cccc2c(S(=O)(=O)c3ccccc3)c[nH]c12)C(=O)OC(C)(C)C.CN(CCOc1cccc2c(Sc3ccccc3)c[nH]c12)C(=O)OC(C)(C)C.CN(CCOc1cccc2cc[nH]c12)C(=O)OC(C)(C)C.CNCCOc1cccc2c(S(=O)(=O)c3ccccc3)c[nH]c12.Cl.Cl.Oc1cccc2cc[nH]c12.c1ccc(SSc2ccccc2)cc1. The Bertz CT molecular complexity index is 6530. The van der Waals surface area contributed by atoms with E-state index in [1.807, 2.05) is 179 Å². The summed E-state index contributed by atoms with van der Waals surface area (Å²) in [6.07, 6.45) is 7.17. The summed E-state index contributed by atoms with van der Waals surface area (Å²) in [6.45, 7) is 25.7. The van der Waals surface area contributed by atoms with Crippen molar-refractivity contribution in [2.45, 2.75) is 145 Å². The van der Waals surface area contributed by atoms with Crippen LogP contribution in [0.3, 0.4) is 0 Å². The van der Waals surface area contributed by atoms with Crippen LogP contribution in [0, 0.1) is 0 Å². The molecule has 35 heteroatoms. The average molecular weight is 2050 g/mol. The lowest BCUT2D eigenvalue weighted by Crippen LogP contribution is -2.36. The lowest BCUT2D eigenvalue weighted by Gasteiger charge is -2.24. The second kappa shape index (κ2) is 54.9. The number of sulfone groups is 2. The Labute approximate surface area is 844 Å². The maximum absolute atomic E-state index is 13.0. The number of hydrogen-bond donors (Lipinski definition) is 8. The largest absolute Gasteiger partial charge is 0.506 e. The molecule has 5 aromatic heterocycles. The highest BCUT2D eigenvalue weighted by Crippen LogP contribution is 2.40. The number of carbonyl (C=O) groups excluding carboxylic acids is 4. The summed E-state index contributed by atoms with van der Waals surface area (Å²) in [7, 11) is 4.84. The number of rotatable bonds is 27. The number of aromatic nitrogens is 5. The fraction of sp³-hybridized carbons (Fsp3) is 0.295. The first-order valence-electron chi connectivity index (χ1n) is 44.6. The summed E-state index contributed by atoms with van der Waals surface area (Å²) in [5.41, 5.74) is 1.99. The molecule has 0 spiro atoms. The average Bonchev–Trinajstić information content (AvgIpc) is 1.62. The van der Waals surface area contributed by atoms with E-state index in [-0.39, 0.29) is 69.8 Å². The molecule has 0 aliphatic heterocycles. The number of aliphatic hydroxyl groups excluding tert-OH is 1. The van der Waals surface area contributed by atoms with Crippen molar-refractivity contribution in [3.63, 3.8) is 0 Å². The van der Waals surface area contributed by atoms with E-state index in [2.05, 4.69) is 97.0 Å². The zero-order valence-corrected chi connectivity index (χ0v) is 87.5. The predicted octanol–water partition coefficient (Wildman–Crippen LogP) is 23.9. The van der Waals surface area contributed by atoms with Gasteiger partial charge < -0.3 is 97.9 Å². The number of phenols is 1. The van der Waals surface area contributed by atoms with E-state index >= 15 is 0 Å². The Kier molecular flexibility index (Phi) is 44.8. The van der Waals surface area contributed by atoms with Gasteiger partial charge >= 0.3 is 24.4 Å². The first-order valence-corrected chi connectivity index (χ1v) is 50.5. The molecule has 8 N–H and O–H groups in total. The Balaban J connectivity index is 0.000000228. The minimum Gasteiger partial charge on any atom is -0.506 e. The first kappa shape index (κ1) is 114.